The molecule has 0 radical (unpaired) electrons. The standard InChI is InChI=1S/C35H40N10O3S/c1-5-45(26-7-8-28-27(16-26)32(40-39-28)24-6-9-30(36-17-24)48-22(2)3)35(47)25-10-13-43(19-25)20-31(46)44-14-11-23(12-15-44)34-37-18-29(49-34)33-38-21-42(4)41-33/h6-9,11,16-18,21-22,25H,5,10,12-15,19-20H2,1-4H3,(H,39,40)/t25-/m1/s1. The van der Waals surface area contributed by atoms with Crippen LogP contribution >= 0.6 is 11.3 Å². The SMILES string of the molecule is CCN(C(=O)[C@@H]1CCN(CC(=O)N2CC=C(c3ncc(-c4ncn(C)n4)s3)CC2)C1)c1ccc2[nH]nc(-c3ccc(OC(C)C)nc3)c2c1. The predicted octanol–water partition coefficient (Wildman–Crippen LogP) is 4.65. The molecule has 1 saturated heterocycles. The number of aromatic amines is 1. The second kappa shape index (κ2) is 13.9. The number of thiazole rings is 1. The molecule has 1 atom stereocenters. The number of nitrogens with one attached hydrogen (secondary N) is 1. The highest BCUT2D eigenvalue weighted by Crippen LogP contribution is 2.33. The second-order valence-corrected chi connectivity index (χ2v) is 13.8. The molecule has 4 aromatic heterocycles. The average Bonchev–Trinajstić information content (AvgIpc) is 3.92. The number of rotatable bonds is 10. The first-order valence-electron chi connectivity index (χ1n) is 16.7. The molecule has 1 fully saturated rings. The molecule has 0 aliphatic carbocycles. The van der Waals surface area contributed by atoms with Crippen molar-refractivity contribution in [1.29, 1.82) is 0 Å². The quantitative estimate of drug-likeness (QED) is 0.223. The van der Waals surface area contributed by atoms with Gasteiger partial charge in [-0.05, 0) is 70.0 Å². The number of amides is 2. The van der Waals surface area contributed by atoms with Crippen LogP contribution < -0.4 is 9.64 Å². The summed E-state index contributed by atoms with van der Waals surface area (Å²) in [5.74, 6) is 1.23. The van der Waals surface area contributed by atoms with E-state index in [1.165, 1.54) is 0 Å². The fraction of sp³-hybridized carbons (Fsp3) is 0.400. The number of fused-ring (bicyclic) bond motifs is 1. The molecule has 49 heavy (non-hydrogen) atoms. The molecule has 0 spiro atoms. The van der Waals surface area contributed by atoms with E-state index in [9.17, 15) is 9.59 Å². The fourth-order valence-corrected chi connectivity index (χ4v) is 7.37. The topological polar surface area (TPSA) is 138 Å². The second-order valence-electron chi connectivity index (χ2n) is 12.7. The molecule has 14 heteroatoms. The Morgan fingerprint density at radius 3 is 2.71 bits per heavy atom. The van der Waals surface area contributed by atoms with Crippen LogP contribution in [0.1, 0.15) is 38.6 Å². The number of pyridine rings is 1. The molecule has 254 valence electrons. The third-order valence-electron chi connectivity index (χ3n) is 8.95. The number of nitrogens with zero attached hydrogens (tertiary/aromatic N) is 9. The Morgan fingerprint density at radius 1 is 1.12 bits per heavy atom. The van der Waals surface area contributed by atoms with E-state index in [4.69, 9.17) is 4.74 Å². The summed E-state index contributed by atoms with van der Waals surface area (Å²) in [5, 5.41) is 13.9. The molecule has 5 aromatic rings. The summed E-state index contributed by atoms with van der Waals surface area (Å²) in [5.41, 5.74) is 4.49. The fourth-order valence-electron chi connectivity index (χ4n) is 6.44. The van der Waals surface area contributed by atoms with Gasteiger partial charge in [-0.15, -0.1) is 11.3 Å². The van der Waals surface area contributed by atoms with E-state index in [2.05, 4.69) is 41.2 Å². The molecular weight excluding hydrogens is 641 g/mol. The zero-order chi connectivity index (χ0) is 34.1. The number of ether oxygens (including phenoxy) is 1. The number of carbonyl (C=O) groups is 2. The maximum Gasteiger partial charge on any atom is 0.237 e. The summed E-state index contributed by atoms with van der Waals surface area (Å²) >= 11 is 1.57. The number of H-pyrrole nitrogens is 1. The first-order chi connectivity index (χ1) is 23.7. The van der Waals surface area contributed by atoms with Gasteiger partial charge in [0, 0.05) is 68.3 Å². The lowest BCUT2D eigenvalue weighted by atomic mass is 10.1. The molecule has 0 bridgehead atoms. The van der Waals surface area contributed by atoms with E-state index in [0.29, 0.717) is 51.0 Å². The largest absolute Gasteiger partial charge is 0.475 e. The molecule has 2 aliphatic rings. The number of benzene rings is 1. The van der Waals surface area contributed by atoms with Gasteiger partial charge < -0.3 is 14.5 Å². The first-order valence-corrected chi connectivity index (χ1v) is 17.5. The molecular formula is C35H40N10O3S. The van der Waals surface area contributed by atoms with Gasteiger partial charge in [-0.3, -0.25) is 24.3 Å². The molecule has 1 N–H and O–H groups in total. The van der Waals surface area contributed by atoms with Crippen LogP contribution in [0.4, 0.5) is 5.69 Å². The number of hydrogen-bond donors (Lipinski definition) is 1. The molecule has 0 unspecified atom stereocenters. The number of hydrogen-bond acceptors (Lipinski definition) is 10. The highest BCUT2D eigenvalue weighted by molar-refractivity contribution is 7.16. The van der Waals surface area contributed by atoms with Crippen molar-refractivity contribution in [3.05, 3.63) is 60.1 Å². The maximum atomic E-state index is 13.9. The van der Waals surface area contributed by atoms with Gasteiger partial charge >= 0.3 is 0 Å². The van der Waals surface area contributed by atoms with Gasteiger partial charge in [-0.2, -0.15) is 10.2 Å². The summed E-state index contributed by atoms with van der Waals surface area (Å²) in [6.45, 7) is 9.25. The number of aryl methyl sites for hydroxylation is 1. The van der Waals surface area contributed by atoms with E-state index >= 15 is 0 Å². The molecule has 7 rings (SSSR count). The Morgan fingerprint density at radius 2 is 2.00 bits per heavy atom. The van der Waals surface area contributed by atoms with Crippen LogP contribution in [0.2, 0.25) is 0 Å². The molecule has 13 nitrogen and oxygen atoms in total. The zero-order valence-electron chi connectivity index (χ0n) is 28.2. The molecule has 2 amide bonds. The van der Waals surface area contributed by atoms with Gasteiger partial charge in [0.1, 0.15) is 17.0 Å². The minimum absolute atomic E-state index is 0.0409. The van der Waals surface area contributed by atoms with Crippen molar-refractivity contribution in [2.24, 2.45) is 13.0 Å². The van der Waals surface area contributed by atoms with Crippen molar-refractivity contribution < 1.29 is 14.3 Å². The smallest absolute Gasteiger partial charge is 0.237 e. The number of aromatic nitrogens is 7. The van der Waals surface area contributed by atoms with Crippen molar-refractivity contribution in [1.82, 2.24) is 44.7 Å². The predicted molar refractivity (Wildman–Crippen MR) is 189 cm³/mol. The lowest BCUT2D eigenvalue weighted by molar-refractivity contribution is -0.132. The molecule has 1 aromatic carbocycles. The minimum Gasteiger partial charge on any atom is -0.475 e. The van der Waals surface area contributed by atoms with Crippen LogP contribution in [-0.4, -0.2) is 102 Å². The summed E-state index contributed by atoms with van der Waals surface area (Å²) in [6, 6.07) is 9.73. The van der Waals surface area contributed by atoms with Crippen LogP contribution in [0.15, 0.2) is 55.1 Å². The van der Waals surface area contributed by atoms with E-state index < -0.39 is 0 Å². The van der Waals surface area contributed by atoms with E-state index in [-0.39, 0.29) is 23.8 Å². The molecule has 2 aliphatic heterocycles. The van der Waals surface area contributed by atoms with Crippen molar-refractivity contribution >= 4 is 45.3 Å². The third-order valence-corrected chi connectivity index (χ3v) is 10.0. The Bertz CT molecular complexity index is 2000. The summed E-state index contributed by atoms with van der Waals surface area (Å²) in [7, 11) is 1.84. The van der Waals surface area contributed by atoms with E-state index in [1.807, 2.05) is 74.1 Å². The van der Waals surface area contributed by atoms with E-state index in [0.717, 1.165) is 56.1 Å². The van der Waals surface area contributed by atoms with Gasteiger partial charge in [0.2, 0.25) is 17.7 Å². The lowest BCUT2D eigenvalue weighted by Gasteiger charge is -2.28. The molecule has 0 saturated carbocycles. The monoisotopic (exact) mass is 680 g/mol. The van der Waals surface area contributed by atoms with Gasteiger partial charge in [0.25, 0.3) is 0 Å². The van der Waals surface area contributed by atoms with Gasteiger partial charge in [0.05, 0.1) is 29.0 Å². The normalized spacial score (nSPS) is 16.8. The van der Waals surface area contributed by atoms with Crippen LogP contribution in [-0.2, 0) is 16.6 Å². The van der Waals surface area contributed by atoms with Gasteiger partial charge in [0.15, 0.2) is 5.82 Å². The minimum atomic E-state index is -0.175. The Labute approximate surface area is 288 Å². The van der Waals surface area contributed by atoms with Crippen LogP contribution in [0, 0.1) is 5.92 Å². The maximum absolute atomic E-state index is 13.9. The highest BCUT2D eigenvalue weighted by atomic mass is 32.1. The number of carbonyl (C=O) groups excluding carboxylic acids is 2. The number of anilines is 1. The van der Waals surface area contributed by atoms with Crippen molar-refractivity contribution in [3.63, 3.8) is 0 Å². The molecule has 6 heterocycles. The van der Waals surface area contributed by atoms with Crippen LogP contribution in [0.25, 0.3) is 38.4 Å². The van der Waals surface area contributed by atoms with E-state index in [1.54, 1.807) is 28.5 Å². The van der Waals surface area contributed by atoms with Crippen molar-refractivity contribution in [2.45, 2.75) is 39.7 Å². The summed E-state index contributed by atoms with van der Waals surface area (Å²) in [4.78, 5) is 47.3. The van der Waals surface area contributed by atoms with Crippen molar-refractivity contribution in [3.8, 4) is 27.8 Å². The summed E-state index contributed by atoms with van der Waals surface area (Å²) in [6.07, 6.45) is 8.86. The van der Waals surface area contributed by atoms with Gasteiger partial charge in [-0.1, -0.05) is 6.08 Å². The summed E-state index contributed by atoms with van der Waals surface area (Å²) < 4.78 is 7.37. The van der Waals surface area contributed by atoms with Gasteiger partial charge in [-0.25, -0.2) is 15.0 Å². The lowest BCUT2D eigenvalue weighted by Crippen LogP contribution is -2.42. The zero-order valence-corrected chi connectivity index (χ0v) is 29.0. The number of likely N-dealkylation sites (tertiary alicyclic amines) is 1. The third kappa shape index (κ3) is 6.97. The first kappa shape index (κ1) is 32.6. The van der Waals surface area contributed by atoms with Crippen LogP contribution in [0.3, 0.4) is 0 Å². The highest BCUT2D eigenvalue weighted by Gasteiger charge is 2.33. The average molecular weight is 681 g/mol. The van der Waals surface area contributed by atoms with Crippen LogP contribution in [0.5, 0.6) is 5.88 Å². The van der Waals surface area contributed by atoms with Crippen molar-refractivity contribution in [2.75, 3.05) is 44.2 Å². The Hall–Kier alpha value is -4.95. The Kier molecular flexibility index (Phi) is 9.23. The Balaban J connectivity index is 0.960.